The van der Waals surface area contributed by atoms with Crippen molar-refractivity contribution >= 4 is 0 Å². The lowest BCUT2D eigenvalue weighted by molar-refractivity contribution is 0.0443. The molecule has 0 amide bonds. The number of likely N-dealkylation sites (tertiary alicyclic amines) is 1. The first-order valence-corrected chi connectivity index (χ1v) is 8.10. The zero-order valence-electron chi connectivity index (χ0n) is 12.6. The summed E-state index contributed by atoms with van der Waals surface area (Å²) in [6, 6.07) is 2.31. The Morgan fingerprint density at radius 3 is 2.48 bits per heavy atom. The molecule has 0 radical (unpaired) electrons. The first kappa shape index (κ1) is 14.7. The van der Waals surface area contributed by atoms with Crippen molar-refractivity contribution < 1.29 is 9.47 Å². The summed E-state index contributed by atoms with van der Waals surface area (Å²) in [6.45, 7) is 6.29. The Labute approximate surface area is 126 Å². The zero-order chi connectivity index (χ0) is 14.3. The second-order valence-corrected chi connectivity index (χ2v) is 6.14. The van der Waals surface area contributed by atoms with Crippen molar-refractivity contribution in [3.63, 3.8) is 0 Å². The van der Waals surface area contributed by atoms with Crippen molar-refractivity contribution in [2.24, 2.45) is 11.8 Å². The third-order valence-corrected chi connectivity index (χ3v) is 4.55. The summed E-state index contributed by atoms with van der Waals surface area (Å²) in [5.41, 5.74) is 0. The van der Waals surface area contributed by atoms with E-state index in [1.54, 1.807) is 12.4 Å². The summed E-state index contributed by atoms with van der Waals surface area (Å²) in [5.74, 6) is 1.48. The van der Waals surface area contributed by atoms with Gasteiger partial charge in [0, 0.05) is 32.2 Å². The molecule has 0 N–H and O–H groups in total. The van der Waals surface area contributed by atoms with E-state index in [-0.39, 0.29) is 0 Å². The Balaban J connectivity index is 1.35. The molecule has 0 saturated carbocycles. The molecular formula is C16H25N3O2. The van der Waals surface area contributed by atoms with Crippen molar-refractivity contribution in [1.82, 2.24) is 14.9 Å². The molecule has 0 atom stereocenters. The average Bonchev–Trinajstić information content (AvgIpc) is 2.56. The molecule has 116 valence electrons. The van der Waals surface area contributed by atoms with Crippen LogP contribution < -0.4 is 4.74 Å². The highest BCUT2D eigenvalue weighted by Gasteiger charge is 2.23. The van der Waals surface area contributed by atoms with Gasteiger partial charge in [-0.05, 0) is 56.7 Å². The molecule has 2 fully saturated rings. The van der Waals surface area contributed by atoms with E-state index in [0.717, 1.165) is 25.7 Å². The van der Waals surface area contributed by atoms with E-state index >= 15 is 0 Å². The molecule has 1 aromatic heterocycles. The van der Waals surface area contributed by atoms with Crippen LogP contribution in [0.3, 0.4) is 0 Å². The molecule has 0 aliphatic carbocycles. The van der Waals surface area contributed by atoms with Crippen molar-refractivity contribution in [1.29, 1.82) is 0 Å². The van der Waals surface area contributed by atoms with Gasteiger partial charge in [-0.15, -0.1) is 0 Å². The van der Waals surface area contributed by atoms with E-state index in [1.165, 1.54) is 45.3 Å². The summed E-state index contributed by atoms with van der Waals surface area (Å²) in [4.78, 5) is 10.8. The Bertz CT molecular complexity index is 401. The lowest BCUT2D eigenvalue weighted by atomic mass is 9.94. The number of aromatic nitrogens is 2. The van der Waals surface area contributed by atoms with Crippen LogP contribution in [0.2, 0.25) is 0 Å². The molecule has 2 aliphatic heterocycles. The molecule has 0 unspecified atom stereocenters. The molecule has 0 spiro atoms. The standard InChI is InChI=1S/C16H25N3O2/c1-6-17-16(18-7-1)21-13-15-2-8-19(9-3-15)12-14-4-10-20-11-5-14/h1,6-7,14-15H,2-5,8-13H2. The van der Waals surface area contributed by atoms with E-state index < -0.39 is 0 Å². The molecule has 3 rings (SSSR count). The number of hydrogen-bond donors (Lipinski definition) is 0. The van der Waals surface area contributed by atoms with Crippen molar-refractivity contribution in [2.75, 3.05) is 39.5 Å². The molecule has 2 saturated heterocycles. The summed E-state index contributed by atoms with van der Waals surface area (Å²) in [7, 11) is 0. The minimum Gasteiger partial charge on any atom is -0.463 e. The first-order valence-electron chi connectivity index (χ1n) is 8.10. The van der Waals surface area contributed by atoms with Crippen molar-refractivity contribution in [3.8, 4) is 6.01 Å². The zero-order valence-corrected chi connectivity index (χ0v) is 12.6. The maximum atomic E-state index is 5.67. The normalized spacial score (nSPS) is 22.3. The molecule has 2 aliphatic rings. The number of piperidine rings is 1. The summed E-state index contributed by atoms with van der Waals surface area (Å²) in [6.07, 6.45) is 8.34. The Hall–Kier alpha value is -1.20. The van der Waals surface area contributed by atoms with Crippen LogP contribution >= 0.6 is 0 Å². The Kier molecular flexibility index (Phi) is 5.40. The third-order valence-electron chi connectivity index (χ3n) is 4.55. The third kappa shape index (κ3) is 4.64. The monoisotopic (exact) mass is 291 g/mol. The number of ether oxygens (including phenoxy) is 2. The van der Waals surface area contributed by atoms with Crippen LogP contribution in [0.1, 0.15) is 25.7 Å². The van der Waals surface area contributed by atoms with E-state index in [9.17, 15) is 0 Å². The lowest BCUT2D eigenvalue weighted by Gasteiger charge is -2.35. The summed E-state index contributed by atoms with van der Waals surface area (Å²) < 4.78 is 11.1. The molecule has 21 heavy (non-hydrogen) atoms. The van der Waals surface area contributed by atoms with Crippen LogP contribution in [0.4, 0.5) is 0 Å². The van der Waals surface area contributed by atoms with E-state index in [2.05, 4.69) is 14.9 Å². The van der Waals surface area contributed by atoms with Crippen molar-refractivity contribution in [2.45, 2.75) is 25.7 Å². The topological polar surface area (TPSA) is 47.5 Å². The van der Waals surface area contributed by atoms with Crippen LogP contribution in [-0.2, 0) is 4.74 Å². The second-order valence-electron chi connectivity index (χ2n) is 6.14. The first-order chi connectivity index (χ1) is 10.4. The maximum Gasteiger partial charge on any atom is 0.316 e. The fourth-order valence-electron chi connectivity index (χ4n) is 3.18. The minimum absolute atomic E-state index is 0.502. The predicted molar refractivity (Wildman–Crippen MR) is 80.2 cm³/mol. The van der Waals surface area contributed by atoms with Gasteiger partial charge in [-0.2, -0.15) is 0 Å². The van der Waals surface area contributed by atoms with Gasteiger partial charge in [-0.25, -0.2) is 9.97 Å². The maximum absolute atomic E-state index is 5.67. The Morgan fingerprint density at radius 1 is 1.05 bits per heavy atom. The molecule has 3 heterocycles. The van der Waals surface area contributed by atoms with E-state index in [1.807, 2.05) is 6.07 Å². The van der Waals surface area contributed by atoms with Gasteiger partial charge < -0.3 is 14.4 Å². The minimum atomic E-state index is 0.502. The lowest BCUT2D eigenvalue weighted by Crippen LogP contribution is -2.39. The summed E-state index contributed by atoms with van der Waals surface area (Å²) in [5, 5.41) is 0. The quantitative estimate of drug-likeness (QED) is 0.830. The van der Waals surface area contributed by atoms with Gasteiger partial charge >= 0.3 is 6.01 Å². The van der Waals surface area contributed by atoms with Gasteiger partial charge in [0.1, 0.15) is 0 Å². The number of rotatable bonds is 5. The van der Waals surface area contributed by atoms with Gasteiger partial charge in [0.15, 0.2) is 0 Å². The SMILES string of the molecule is c1cnc(OCC2CCN(CC3CCOCC3)CC2)nc1. The fraction of sp³-hybridized carbons (Fsp3) is 0.750. The van der Waals surface area contributed by atoms with Crippen LogP contribution in [0.5, 0.6) is 6.01 Å². The number of hydrogen-bond acceptors (Lipinski definition) is 5. The fourth-order valence-corrected chi connectivity index (χ4v) is 3.18. The van der Waals surface area contributed by atoms with Gasteiger partial charge in [-0.1, -0.05) is 0 Å². The molecular weight excluding hydrogens is 266 g/mol. The highest BCUT2D eigenvalue weighted by atomic mass is 16.5. The summed E-state index contributed by atoms with van der Waals surface area (Å²) >= 11 is 0. The molecule has 5 heteroatoms. The van der Waals surface area contributed by atoms with Gasteiger partial charge in [0.05, 0.1) is 6.61 Å². The highest BCUT2D eigenvalue weighted by molar-refractivity contribution is 4.93. The largest absolute Gasteiger partial charge is 0.463 e. The highest BCUT2D eigenvalue weighted by Crippen LogP contribution is 2.22. The van der Waals surface area contributed by atoms with Crippen molar-refractivity contribution in [3.05, 3.63) is 18.5 Å². The molecule has 0 bridgehead atoms. The van der Waals surface area contributed by atoms with Crippen LogP contribution in [-0.4, -0.2) is 54.3 Å². The van der Waals surface area contributed by atoms with E-state index in [0.29, 0.717) is 11.9 Å². The second kappa shape index (κ2) is 7.71. The van der Waals surface area contributed by atoms with Gasteiger partial charge in [0.25, 0.3) is 0 Å². The smallest absolute Gasteiger partial charge is 0.316 e. The van der Waals surface area contributed by atoms with Gasteiger partial charge in [0.2, 0.25) is 0 Å². The molecule has 0 aromatic carbocycles. The van der Waals surface area contributed by atoms with Gasteiger partial charge in [-0.3, -0.25) is 0 Å². The average molecular weight is 291 g/mol. The molecule has 1 aromatic rings. The predicted octanol–water partition coefficient (Wildman–Crippen LogP) is 1.99. The Morgan fingerprint density at radius 2 is 1.76 bits per heavy atom. The number of nitrogens with zero attached hydrogens (tertiary/aromatic N) is 3. The van der Waals surface area contributed by atoms with E-state index in [4.69, 9.17) is 9.47 Å². The van der Waals surface area contributed by atoms with Crippen LogP contribution in [0.15, 0.2) is 18.5 Å². The van der Waals surface area contributed by atoms with Crippen LogP contribution in [0.25, 0.3) is 0 Å². The van der Waals surface area contributed by atoms with Crippen LogP contribution in [0, 0.1) is 11.8 Å². The molecule has 5 nitrogen and oxygen atoms in total.